The standard InChI is InChI=1S/C10H18F2N2O/c1-10(2,8-13)3-4-14(5-6-15)7-9(11)12/h9,15H,3-7H2,1-2H3. The highest BCUT2D eigenvalue weighted by Gasteiger charge is 2.19. The molecule has 0 fully saturated rings. The lowest BCUT2D eigenvalue weighted by atomic mass is 9.91. The highest BCUT2D eigenvalue weighted by atomic mass is 19.3. The number of rotatable bonds is 7. The Morgan fingerprint density at radius 3 is 2.40 bits per heavy atom. The molecule has 1 N–H and O–H groups in total. The van der Waals surface area contributed by atoms with E-state index in [2.05, 4.69) is 6.07 Å². The third-order valence-electron chi connectivity index (χ3n) is 2.17. The van der Waals surface area contributed by atoms with Crippen molar-refractivity contribution in [3.05, 3.63) is 0 Å². The maximum Gasteiger partial charge on any atom is 0.251 e. The molecule has 0 aromatic carbocycles. The van der Waals surface area contributed by atoms with Crippen LogP contribution in [0.2, 0.25) is 0 Å². The quantitative estimate of drug-likeness (QED) is 0.707. The minimum absolute atomic E-state index is 0.139. The van der Waals surface area contributed by atoms with Crippen LogP contribution in [-0.4, -0.2) is 42.7 Å². The second kappa shape index (κ2) is 6.70. The molecule has 0 saturated carbocycles. The summed E-state index contributed by atoms with van der Waals surface area (Å²) >= 11 is 0. The molecule has 0 aromatic rings. The normalized spacial score (nSPS) is 12.1. The first-order chi connectivity index (χ1) is 6.91. The number of nitrogens with zero attached hydrogens (tertiary/aromatic N) is 2. The molecule has 0 amide bonds. The van der Waals surface area contributed by atoms with Crippen molar-refractivity contribution in [1.29, 1.82) is 5.26 Å². The minimum atomic E-state index is -2.40. The molecule has 0 aliphatic carbocycles. The van der Waals surface area contributed by atoms with Crippen molar-refractivity contribution >= 4 is 0 Å². The van der Waals surface area contributed by atoms with Crippen LogP contribution >= 0.6 is 0 Å². The van der Waals surface area contributed by atoms with Crippen LogP contribution in [0.3, 0.4) is 0 Å². The van der Waals surface area contributed by atoms with Gasteiger partial charge >= 0.3 is 0 Å². The molecule has 0 aliphatic rings. The Balaban J connectivity index is 4.01. The van der Waals surface area contributed by atoms with Gasteiger partial charge < -0.3 is 5.11 Å². The van der Waals surface area contributed by atoms with E-state index in [1.54, 1.807) is 13.8 Å². The summed E-state index contributed by atoms with van der Waals surface area (Å²) in [5.74, 6) is 0. The van der Waals surface area contributed by atoms with E-state index in [9.17, 15) is 8.78 Å². The van der Waals surface area contributed by atoms with Crippen molar-refractivity contribution in [3.63, 3.8) is 0 Å². The zero-order valence-electron chi connectivity index (χ0n) is 9.21. The molecule has 0 heterocycles. The van der Waals surface area contributed by atoms with Crippen molar-refractivity contribution in [2.45, 2.75) is 26.7 Å². The van der Waals surface area contributed by atoms with E-state index < -0.39 is 11.8 Å². The summed E-state index contributed by atoms with van der Waals surface area (Å²) in [5.41, 5.74) is -0.504. The average Bonchev–Trinajstić information content (AvgIpc) is 2.14. The van der Waals surface area contributed by atoms with Gasteiger partial charge in [-0.2, -0.15) is 5.26 Å². The first-order valence-electron chi connectivity index (χ1n) is 4.94. The first kappa shape index (κ1) is 14.3. The Kier molecular flexibility index (Phi) is 6.37. The number of hydrogen-bond acceptors (Lipinski definition) is 3. The molecule has 0 bridgehead atoms. The van der Waals surface area contributed by atoms with E-state index in [1.165, 1.54) is 4.90 Å². The number of hydrogen-bond donors (Lipinski definition) is 1. The molecule has 15 heavy (non-hydrogen) atoms. The van der Waals surface area contributed by atoms with E-state index in [-0.39, 0.29) is 19.7 Å². The summed E-state index contributed by atoms with van der Waals surface area (Å²) in [6, 6.07) is 2.12. The minimum Gasteiger partial charge on any atom is -0.395 e. The van der Waals surface area contributed by atoms with Gasteiger partial charge in [0.1, 0.15) is 0 Å². The third kappa shape index (κ3) is 7.23. The van der Waals surface area contributed by atoms with Crippen molar-refractivity contribution < 1.29 is 13.9 Å². The van der Waals surface area contributed by atoms with Gasteiger partial charge in [-0.25, -0.2) is 8.78 Å². The number of aliphatic hydroxyl groups excluding tert-OH is 1. The molecule has 0 aromatic heterocycles. The predicted octanol–water partition coefficient (Wildman–Crippen LogP) is 1.49. The molecule has 0 atom stereocenters. The monoisotopic (exact) mass is 220 g/mol. The highest BCUT2D eigenvalue weighted by molar-refractivity contribution is 4.92. The topological polar surface area (TPSA) is 47.3 Å². The number of halogens is 2. The summed E-state index contributed by atoms with van der Waals surface area (Å²) in [5, 5.41) is 17.4. The fraction of sp³-hybridized carbons (Fsp3) is 0.900. The Labute approximate surface area is 89.3 Å². The maximum atomic E-state index is 12.1. The zero-order valence-corrected chi connectivity index (χ0v) is 9.21. The van der Waals surface area contributed by atoms with Crippen LogP contribution in [0.5, 0.6) is 0 Å². The molecule has 88 valence electrons. The molecule has 3 nitrogen and oxygen atoms in total. The van der Waals surface area contributed by atoms with Gasteiger partial charge in [0.05, 0.1) is 24.6 Å². The summed E-state index contributed by atoms with van der Waals surface area (Å²) in [4.78, 5) is 1.48. The van der Waals surface area contributed by atoms with E-state index in [4.69, 9.17) is 10.4 Å². The molecule has 0 saturated heterocycles. The molecule has 0 radical (unpaired) electrons. The Morgan fingerprint density at radius 1 is 1.40 bits per heavy atom. The molecule has 5 heteroatoms. The van der Waals surface area contributed by atoms with Gasteiger partial charge in [-0.3, -0.25) is 4.90 Å². The van der Waals surface area contributed by atoms with Gasteiger partial charge in [0.2, 0.25) is 0 Å². The largest absolute Gasteiger partial charge is 0.395 e. The lowest BCUT2D eigenvalue weighted by Crippen LogP contribution is -2.34. The van der Waals surface area contributed by atoms with Crippen molar-refractivity contribution in [2.75, 3.05) is 26.2 Å². The van der Waals surface area contributed by atoms with Gasteiger partial charge in [0.25, 0.3) is 6.43 Å². The van der Waals surface area contributed by atoms with Crippen LogP contribution in [0.1, 0.15) is 20.3 Å². The SMILES string of the molecule is CC(C)(C#N)CCN(CCO)CC(F)F. The van der Waals surface area contributed by atoms with Crippen molar-refractivity contribution in [3.8, 4) is 6.07 Å². The molecular formula is C10H18F2N2O. The highest BCUT2D eigenvalue weighted by Crippen LogP contribution is 2.19. The van der Waals surface area contributed by atoms with E-state index >= 15 is 0 Å². The second-order valence-electron chi connectivity index (χ2n) is 4.16. The summed E-state index contributed by atoms with van der Waals surface area (Å²) in [7, 11) is 0. The van der Waals surface area contributed by atoms with Gasteiger partial charge in [-0.15, -0.1) is 0 Å². The van der Waals surface area contributed by atoms with E-state index in [1.807, 2.05) is 0 Å². The Bertz CT molecular complexity index is 214. The average molecular weight is 220 g/mol. The summed E-state index contributed by atoms with van der Waals surface area (Å²) in [6.45, 7) is 3.69. The Hall–Kier alpha value is -0.730. The molecule has 0 rings (SSSR count). The van der Waals surface area contributed by atoms with Crippen LogP contribution < -0.4 is 0 Å². The van der Waals surface area contributed by atoms with Crippen molar-refractivity contribution in [2.24, 2.45) is 5.41 Å². The predicted molar refractivity (Wildman–Crippen MR) is 53.5 cm³/mol. The summed E-state index contributed by atoms with van der Waals surface area (Å²) in [6.07, 6.45) is -1.88. The second-order valence-corrected chi connectivity index (χ2v) is 4.16. The molecule has 0 unspecified atom stereocenters. The fourth-order valence-electron chi connectivity index (χ4n) is 1.12. The molecule has 0 spiro atoms. The van der Waals surface area contributed by atoms with Gasteiger partial charge in [-0.1, -0.05) is 0 Å². The zero-order chi connectivity index (χ0) is 11.9. The number of aliphatic hydroxyl groups is 1. The van der Waals surface area contributed by atoms with Crippen molar-refractivity contribution in [1.82, 2.24) is 4.90 Å². The smallest absolute Gasteiger partial charge is 0.251 e. The summed E-state index contributed by atoms with van der Waals surface area (Å²) < 4.78 is 24.2. The van der Waals surface area contributed by atoms with Crippen LogP contribution in [0, 0.1) is 16.7 Å². The molecule has 0 aliphatic heterocycles. The van der Waals surface area contributed by atoms with E-state index in [0.29, 0.717) is 13.0 Å². The third-order valence-corrected chi connectivity index (χ3v) is 2.17. The fourth-order valence-corrected chi connectivity index (χ4v) is 1.12. The first-order valence-corrected chi connectivity index (χ1v) is 4.94. The van der Waals surface area contributed by atoms with Gasteiger partial charge in [0.15, 0.2) is 0 Å². The van der Waals surface area contributed by atoms with E-state index in [0.717, 1.165) is 0 Å². The maximum absolute atomic E-state index is 12.1. The lowest BCUT2D eigenvalue weighted by molar-refractivity contribution is 0.0740. The van der Waals surface area contributed by atoms with Crippen LogP contribution in [0.4, 0.5) is 8.78 Å². The number of alkyl halides is 2. The van der Waals surface area contributed by atoms with Crippen LogP contribution in [0.15, 0.2) is 0 Å². The molecular weight excluding hydrogens is 202 g/mol. The van der Waals surface area contributed by atoms with Crippen LogP contribution in [0.25, 0.3) is 0 Å². The van der Waals surface area contributed by atoms with Gasteiger partial charge in [-0.05, 0) is 26.8 Å². The lowest BCUT2D eigenvalue weighted by Gasteiger charge is -2.24. The number of nitriles is 1. The van der Waals surface area contributed by atoms with Gasteiger partial charge in [0, 0.05) is 6.54 Å². The Morgan fingerprint density at radius 2 is 2.00 bits per heavy atom. The van der Waals surface area contributed by atoms with Crippen LogP contribution in [-0.2, 0) is 0 Å².